The minimum Gasteiger partial charge on any atom is -0.465 e. The van der Waals surface area contributed by atoms with Crippen molar-refractivity contribution in [1.82, 2.24) is 0 Å². The van der Waals surface area contributed by atoms with Crippen LogP contribution in [0.5, 0.6) is 0 Å². The first kappa shape index (κ1) is 16.1. The van der Waals surface area contributed by atoms with Crippen LogP contribution in [0.2, 0.25) is 10.0 Å². The van der Waals surface area contributed by atoms with Gasteiger partial charge >= 0.3 is 5.97 Å². The Morgan fingerprint density at radius 3 is 2.00 bits per heavy atom. The molecular weight excluding hydrogens is 285 g/mol. The van der Waals surface area contributed by atoms with Crippen molar-refractivity contribution in [2.75, 3.05) is 25.1 Å². The van der Waals surface area contributed by atoms with E-state index >= 15 is 0 Å². The third-order valence-corrected chi connectivity index (χ3v) is 3.36. The molecular formula is C14H19Cl2NO2. The van der Waals surface area contributed by atoms with Gasteiger partial charge in [0.05, 0.1) is 22.7 Å². The number of carbonyl (C=O) groups excluding carboxylic acids is 1. The summed E-state index contributed by atoms with van der Waals surface area (Å²) in [5, 5.41) is 0.651. The average molecular weight is 304 g/mol. The van der Waals surface area contributed by atoms with Crippen LogP contribution in [0.3, 0.4) is 0 Å². The summed E-state index contributed by atoms with van der Waals surface area (Å²) in [6.07, 6.45) is 2.07. The second-order valence-electron chi connectivity index (χ2n) is 4.26. The molecule has 0 atom stereocenters. The summed E-state index contributed by atoms with van der Waals surface area (Å²) in [5.41, 5.74) is 1.16. The van der Waals surface area contributed by atoms with Crippen LogP contribution >= 0.6 is 23.2 Å². The second-order valence-corrected chi connectivity index (χ2v) is 5.08. The molecule has 1 rings (SSSR count). The number of nitrogens with zero attached hydrogens (tertiary/aromatic N) is 1. The van der Waals surface area contributed by atoms with Crippen LogP contribution in [0.1, 0.15) is 37.0 Å². The van der Waals surface area contributed by atoms with E-state index in [0.717, 1.165) is 31.6 Å². The molecule has 0 radical (unpaired) electrons. The molecule has 0 amide bonds. The number of hydrogen-bond donors (Lipinski definition) is 0. The lowest BCUT2D eigenvalue weighted by Crippen LogP contribution is -2.25. The Morgan fingerprint density at radius 1 is 1.16 bits per heavy atom. The molecule has 0 saturated carbocycles. The minimum atomic E-state index is -0.515. The quantitative estimate of drug-likeness (QED) is 0.729. The fraction of sp³-hybridized carbons (Fsp3) is 0.500. The molecule has 5 heteroatoms. The molecule has 1 aromatic carbocycles. The molecule has 0 fully saturated rings. The van der Waals surface area contributed by atoms with Crippen molar-refractivity contribution in [3.63, 3.8) is 0 Å². The van der Waals surface area contributed by atoms with Gasteiger partial charge in [0.1, 0.15) is 0 Å². The monoisotopic (exact) mass is 303 g/mol. The zero-order valence-corrected chi connectivity index (χ0v) is 13.0. The summed E-state index contributed by atoms with van der Waals surface area (Å²) >= 11 is 12.3. The third-order valence-electron chi connectivity index (χ3n) is 2.77. The van der Waals surface area contributed by atoms with Crippen molar-refractivity contribution in [3.05, 3.63) is 27.7 Å². The highest BCUT2D eigenvalue weighted by Gasteiger charge is 2.18. The summed E-state index contributed by atoms with van der Waals surface area (Å²) in [6, 6.07) is 3.54. The van der Waals surface area contributed by atoms with Gasteiger partial charge < -0.3 is 9.64 Å². The maximum absolute atomic E-state index is 11.6. The van der Waals surface area contributed by atoms with Gasteiger partial charge in [0, 0.05) is 18.8 Å². The van der Waals surface area contributed by atoms with E-state index in [9.17, 15) is 4.79 Å². The number of benzene rings is 1. The molecule has 0 saturated heterocycles. The Kier molecular flexibility index (Phi) is 6.46. The maximum Gasteiger partial charge on any atom is 0.340 e. The van der Waals surface area contributed by atoms with Gasteiger partial charge in [-0.15, -0.1) is 0 Å². The van der Waals surface area contributed by atoms with Gasteiger partial charge in [0.15, 0.2) is 0 Å². The lowest BCUT2D eigenvalue weighted by atomic mass is 10.1. The second kappa shape index (κ2) is 7.61. The van der Waals surface area contributed by atoms with E-state index in [1.165, 1.54) is 7.11 Å². The Balaban J connectivity index is 3.14. The minimum absolute atomic E-state index is 0.225. The van der Waals surface area contributed by atoms with Gasteiger partial charge in [-0.1, -0.05) is 37.0 Å². The number of hydrogen-bond acceptors (Lipinski definition) is 3. The molecule has 0 heterocycles. The topological polar surface area (TPSA) is 29.5 Å². The van der Waals surface area contributed by atoms with Gasteiger partial charge in [-0.05, 0) is 25.0 Å². The van der Waals surface area contributed by atoms with E-state index in [1.54, 1.807) is 12.1 Å². The first-order valence-electron chi connectivity index (χ1n) is 6.37. The van der Waals surface area contributed by atoms with Crippen LogP contribution in [-0.2, 0) is 4.74 Å². The highest BCUT2D eigenvalue weighted by molar-refractivity contribution is 6.39. The lowest BCUT2D eigenvalue weighted by molar-refractivity contribution is 0.0601. The molecule has 0 aromatic heterocycles. The largest absolute Gasteiger partial charge is 0.465 e. The van der Waals surface area contributed by atoms with Gasteiger partial charge in [0.2, 0.25) is 0 Å². The van der Waals surface area contributed by atoms with Gasteiger partial charge in [-0.25, -0.2) is 4.79 Å². The van der Waals surface area contributed by atoms with E-state index in [2.05, 4.69) is 23.5 Å². The van der Waals surface area contributed by atoms with E-state index in [-0.39, 0.29) is 5.56 Å². The number of rotatable bonds is 6. The number of methoxy groups -OCH3 is 1. The predicted molar refractivity (Wildman–Crippen MR) is 80.6 cm³/mol. The summed E-state index contributed by atoms with van der Waals surface area (Å²) in [4.78, 5) is 13.8. The van der Waals surface area contributed by atoms with Gasteiger partial charge in [-0.3, -0.25) is 0 Å². The number of esters is 1. The SMILES string of the molecule is CCCN(CCC)c1cc(Cl)c(C(=O)OC)c(Cl)c1. The average Bonchev–Trinajstić information content (AvgIpc) is 2.37. The highest BCUT2D eigenvalue weighted by atomic mass is 35.5. The molecule has 0 spiro atoms. The van der Waals surface area contributed by atoms with E-state index < -0.39 is 5.97 Å². The Bertz CT molecular complexity index is 420. The standard InChI is InChI=1S/C14H19Cl2NO2/c1-4-6-17(7-5-2)10-8-11(15)13(12(16)9-10)14(18)19-3/h8-9H,4-7H2,1-3H3. The van der Waals surface area contributed by atoms with E-state index in [0.29, 0.717) is 10.0 Å². The van der Waals surface area contributed by atoms with Gasteiger partial charge in [0.25, 0.3) is 0 Å². The number of anilines is 1. The van der Waals surface area contributed by atoms with Crippen molar-refractivity contribution in [1.29, 1.82) is 0 Å². The first-order chi connectivity index (χ1) is 9.04. The zero-order valence-electron chi connectivity index (χ0n) is 11.5. The molecule has 106 valence electrons. The van der Waals surface area contributed by atoms with E-state index in [1.807, 2.05) is 0 Å². The maximum atomic E-state index is 11.6. The predicted octanol–water partition coefficient (Wildman–Crippen LogP) is 4.41. The molecule has 0 N–H and O–H groups in total. The number of ether oxygens (including phenoxy) is 1. The summed E-state index contributed by atoms with van der Waals surface area (Å²) in [7, 11) is 1.31. The fourth-order valence-electron chi connectivity index (χ4n) is 1.95. The summed E-state index contributed by atoms with van der Waals surface area (Å²) in [5.74, 6) is -0.515. The van der Waals surface area contributed by atoms with Crippen molar-refractivity contribution in [2.24, 2.45) is 0 Å². The van der Waals surface area contributed by atoms with Crippen molar-refractivity contribution in [3.8, 4) is 0 Å². The molecule has 0 unspecified atom stereocenters. The van der Waals surface area contributed by atoms with Crippen molar-refractivity contribution >= 4 is 34.9 Å². The Labute approximate surface area is 124 Å². The molecule has 1 aromatic rings. The van der Waals surface area contributed by atoms with Gasteiger partial charge in [-0.2, -0.15) is 0 Å². The van der Waals surface area contributed by atoms with Crippen molar-refractivity contribution < 1.29 is 9.53 Å². The van der Waals surface area contributed by atoms with Crippen LogP contribution in [0.4, 0.5) is 5.69 Å². The lowest BCUT2D eigenvalue weighted by Gasteiger charge is -2.24. The molecule has 0 aliphatic rings. The van der Waals surface area contributed by atoms with Crippen LogP contribution in [0.25, 0.3) is 0 Å². The molecule has 0 aliphatic carbocycles. The Hall–Kier alpha value is -0.930. The summed E-state index contributed by atoms with van der Waals surface area (Å²) in [6.45, 7) is 6.10. The van der Waals surface area contributed by atoms with Crippen LogP contribution in [-0.4, -0.2) is 26.2 Å². The Morgan fingerprint density at radius 2 is 1.63 bits per heavy atom. The van der Waals surface area contributed by atoms with Crippen LogP contribution in [0, 0.1) is 0 Å². The zero-order chi connectivity index (χ0) is 14.4. The van der Waals surface area contributed by atoms with Crippen molar-refractivity contribution in [2.45, 2.75) is 26.7 Å². The molecule has 0 bridgehead atoms. The first-order valence-corrected chi connectivity index (χ1v) is 7.13. The normalized spacial score (nSPS) is 10.4. The molecule has 3 nitrogen and oxygen atoms in total. The highest BCUT2D eigenvalue weighted by Crippen LogP contribution is 2.31. The smallest absolute Gasteiger partial charge is 0.340 e. The molecule has 0 aliphatic heterocycles. The van der Waals surface area contributed by atoms with E-state index in [4.69, 9.17) is 23.2 Å². The van der Waals surface area contributed by atoms with Crippen LogP contribution in [0.15, 0.2) is 12.1 Å². The van der Waals surface area contributed by atoms with Crippen LogP contribution < -0.4 is 4.90 Å². The fourth-order valence-corrected chi connectivity index (χ4v) is 2.58. The summed E-state index contributed by atoms with van der Waals surface area (Å²) < 4.78 is 4.67. The third kappa shape index (κ3) is 4.02. The number of halogens is 2. The molecule has 19 heavy (non-hydrogen) atoms. The number of carbonyl (C=O) groups is 1.